The molecule has 0 bridgehead atoms. The number of carboxylic acids is 1. The number of aliphatic carboxylic acids is 1. The molecule has 0 aromatic carbocycles. The van der Waals surface area contributed by atoms with Crippen LogP contribution in [0.2, 0.25) is 0 Å². The van der Waals surface area contributed by atoms with Gasteiger partial charge < -0.3 is 15.3 Å². The Kier molecular flexibility index (Phi) is 4.09. The third-order valence-electron chi connectivity index (χ3n) is 5.82. The number of rotatable bonds is 3. The second kappa shape index (κ2) is 5.85. The zero-order valence-electron chi connectivity index (χ0n) is 12.8. The topological polar surface area (TPSA) is 69.6 Å². The molecule has 2 amide bonds. The number of carboxylic acid groups (broad SMARTS) is 1. The lowest BCUT2D eigenvalue weighted by Crippen LogP contribution is -2.54. The molecule has 3 fully saturated rings. The van der Waals surface area contributed by atoms with Crippen LogP contribution in [0.15, 0.2) is 0 Å². The van der Waals surface area contributed by atoms with Gasteiger partial charge in [0.2, 0.25) is 0 Å². The van der Waals surface area contributed by atoms with Crippen LogP contribution in [0.3, 0.4) is 0 Å². The minimum atomic E-state index is -0.851. The average molecular weight is 294 g/mol. The highest BCUT2D eigenvalue weighted by molar-refractivity contribution is 5.84. The first-order chi connectivity index (χ1) is 10.1. The highest BCUT2D eigenvalue weighted by Gasteiger charge is 2.47. The van der Waals surface area contributed by atoms with Gasteiger partial charge in [-0.15, -0.1) is 0 Å². The summed E-state index contributed by atoms with van der Waals surface area (Å²) in [5, 5.41) is 12.5. The first-order valence-electron chi connectivity index (χ1n) is 8.39. The first kappa shape index (κ1) is 14.7. The number of carbonyl (C=O) groups is 2. The van der Waals surface area contributed by atoms with E-state index < -0.39 is 12.0 Å². The van der Waals surface area contributed by atoms with Crippen molar-refractivity contribution in [3.8, 4) is 0 Å². The van der Waals surface area contributed by atoms with Gasteiger partial charge in [0.15, 0.2) is 0 Å². The zero-order valence-corrected chi connectivity index (χ0v) is 12.8. The Morgan fingerprint density at radius 2 is 1.86 bits per heavy atom. The van der Waals surface area contributed by atoms with Crippen LogP contribution in [0, 0.1) is 11.8 Å². The van der Waals surface area contributed by atoms with E-state index in [1.165, 1.54) is 25.7 Å². The van der Waals surface area contributed by atoms with Crippen LogP contribution in [-0.2, 0) is 4.79 Å². The van der Waals surface area contributed by atoms with Crippen molar-refractivity contribution in [1.29, 1.82) is 0 Å². The van der Waals surface area contributed by atoms with Crippen LogP contribution in [0.4, 0.5) is 4.79 Å². The third-order valence-corrected chi connectivity index (χ3v) is 5.82. The van der Waals surface area contributed by atoms with Gasteiger partial charge in [0.1, 0.15) is 6.04 Å². The number of hydrogen-bond donors (Lipinski definition) is 2. The quantitative estimate of drug-likeness (QED) is 0.840. The van der Waals surface area contributed by atoms with Crippen LogP contribution < -0.4 is 5.32 Å². The zero-order chi connectivity index (χ0) is 15.0. The summed E-state index contributed by atoms with van der Waals surface area (Å²) in [4.78, 5) is 25.8. The number of urea groups is 1. The summed E-state index contributed by atoms with van der Waals surface area (Å²) in [5.41, 5.74) is 0. The fourth-order valence-electron chi connectivity index (χ4n) is 4.30. The van der Waals surface area contributed by atoms with E-state index in [1.54, 1.807) is 4.90 Å². The maximum Gasteiger partial charge on any atom is 0.326 e. The molecular weight excluding hydrogens is 268 g/mol. The Hall–Kier alpha value is -1.26. The van der Waals surface area contributed by atoms with E-state index in [9.17, 15) is 14.7 Å². The van der Waals surface area contributed by atoms with Gasteiger partial charge in [0, 0.05) is 12.1 Å². The lowest BCUT2D eigenvalue weighted by atomic mass is 9.80. The van der Waals surface area contributed by atoms with Crippen LogP contribution >= 0.6 is 0 Å². The van der Waals surface area contributed by atoms with Crippen LogP contribution in [-0.4, -0.2) is 40.1 Å². The Bertz CT molecular complexity index is 422. The molecule has 3 aliphatic rings. The van der Waals surface area contributed by atoms with E-state index in [1.807, 2.05) is 6.92 Å². The van der Waals surface area contributed by atoms with Crippen molar-refractivity contribution in [3.05, 3.63) is 0 Å². The minimum Gasteiger partial charge on any atom is -0.480 e. The van der Waals surface area contributed by atoms with E-state index >= 15 is 0 Å². The van der Waals surface area contributed by atoms with Gasteiger partial charge in [-0.25, -0.2) is 9.59 Å². The maximum absolute atomic E-state index is 12.6. The number of fused-ring (bicyclic) bond motifs is 1. The fourth-order valence-corrected chi connectivity index (χ4v) is 4.30. The fraction of sp³-hybridized carbons (Fsp3) is 0.875. The minimum absolute atomic E-state index is 0.133. The average Bonchev–Trinajstić information content (AvgIpc) is 2.75. The molecule has 4 atom stereocenters. The summed E-state index contributed by atoms with van der Waals surface area (Å²) in [5.74, 6) is 0.0995. The van der Waals surface area contributed by atoms with Gasteiger partial charge in [0.05, 0.1) is 0 Å². The van der Waals surface area contributed by atoms with Crippen molar-refractivity contribution in [3.63, 3.8) is 0 Å². The molecule has 0 aromatic rings. The van der Waals surface area contributed by atoms with Crippen molar-refractivity contribution in [1.82, 2.24) is 10.2 Å². The second-order valence-electron chi connectivity index (χ2n) is 7.04. The molecule has 21 heavy (non-hydrogen) atoms. The van der Waals surface area contributed by atoms with Gasteiger partial charge in [-0.2, -0.15) is 0 Å². The summed E-state index contributed by atoms with van der Waals surface area (Å²) in [6, 6.07) is -0.500. The molecule has 2 N–H and O–H groups in total. The Morgan fingerprint density at radius 3 is 2.48 bits per heavy atom. The summed E-state index contributed by atoms with van der Waals surface area (Å²) in [7, 11) is 0. The van der Waals surface area contributed by atoms with Crippen molar-refractivity contribution in [2.75, 3.05) is 0 Å². The lowest BCUT2D eigenvalue weighted by Gasteiger charge is -2.36. The molecule has 0 aromatic heterocycles. The van der Waals surface area contributed by atoms with Gasteiger partial charge in [0.25, 0.3) is 0 Å². The number of nitrogens with one attached hydrogen (secondary N) is 1. The molecule has 2 saturated carbocycles. The van der Waals surface area contributed by atoms with E-state index in [2.05, 4.69) is 5.32 Å². The van der Waals surface area contributed by atoms with Crippen LogP contribution in [0.1, 0.15) is 58.3 Å². The van der Waals surface area contributed by atoms with E-state index in [4.69, 9.17) is 0 Å². The highest BCUT2D eigenvalue weighted by atomic mass is 16.4. The Labute approximate surface area is 126 Å². The van der Waals surface area contributed by atoms with Crippen molar-refractivity contribution in [2.24, 2.45) is 11.8 Å². The number of nitrogens with zero attached hydrogens (tertiary/aromatic N) is 1. The van der Waals surface area contributed by atoms with Crippen LogP contribution in [0.25, 0.3) is 0 Å². The lowest BCUT2D eigenvalue weighted by molar-refractivity contribution is -0.141. The number of hydrogen-bond acceptors (Lipinski definition) is 2. The molecule has 0 radical (unpaired) electrons. The van der Waals surface area contributed by atoms with E-state index in [0.29, 0.717) is 18.3 Å². The van der Waals surface area contributed by atoms with Gasteiger partial charge in [-0.1, -0.05) is 19.3 Å². The summed E-state index contributed by atoms with van der Waals surface area (Å²) >= 11 is 0. The van der Waals surface area contributed by atoms with Crippen molar-refractivity contribution < 1.29 is 14.7 Å². The highest BCUT2D eigenvalue weighted by Crippen LogP contribution is 2.40. The van der Waals surface area contributed by atoms with Gasteiger partial charge in [-0.3, -0.25) is 0 Å². The Morgan fingerprint density at radius 1 is 1.14 bits per heavy atom. The van der Waals surface area contributed by atoms with E-state index in [-0.39, 0.29) is 18.1 Å². The smallest absolute Gasteiger partial charge is 0.326 e. The molecule has 1 heterocycles. The Balaban J connectivity index is 1.69. The van der Waals surface area contributed by atoms with Crippen molar-refractivity contribution in [2.45, 2.75) is 76.4 Å². The standard InChI is InChI=1S/C16H26N2O3/c1-10(11-6-4-7-11)17-16(21)18-13-8-3-2-5-12(13)9-14(18)15(19)20/h10-14H,2-9H2,1H3,(H,17,21)(H,19,20). The largest absolute Gasteiger partial charge is 0.480 e. The maximum atomic E-state index is 12.6. The third kappa shape index (κ3) is 2.74. The van der Waals surface area contributed by atoms with Crippen LogP contribution in [0.5, 0.6) is 0 Å². The number of carbonyl (C=O) groups excluding carboxylic acids is 1. The van der Waals surface area contributed by atoms with Gasteiger partial charge >= 0.3 is 12.0 Å². The molecule has 1 aliphatic heterocycles. The molecule has 2 aliphatic carbocycles. The molecule has 118 valence electrons. The molecule has 3 rings (SSSR count). The van der Waals surface area contributed by atoms with Crippen molar-refractivity contribution >= 4 is 12.0 Å². The molecule has 0 spiro atoms. The summed E-state index contributed by atoms with van der Waals surface area (Å²) < 4.78 is 0. The molecule has 4 unspecified atom stereocenters. The normalized spacial score (nSPS) is 34.0. The molecular formula is C16H26N2O3. The number of likely N-dealkylation sites (tertiary alicyclic amines) is 1. The summed E-state index contributed by atoms with van der Waals surface area (Å²) in [6.45, 7) is 2.05. The number of amides is 2. The molecule has 1 saturated heterocycles. The summed E-state index contributed by atoms with van der Waals surface area (Å²) in [6.07, 6.45) is 8.53. The monoisotopic (exact) mass is 294 g/mol. The molecule has 5 heteroatoms. The predicted molar refractivity (Wildman–Crippen MR) is 79.0 cm³/mol. The molecule has 5 nitrogen and oxygen atoms in total. The van der Waals surface area contributed by atoms with E-state index in [0.717, 1.165) is 19.3 Å². The second-order valence-corrected chi connectivity index (χ2v) is 7.04. The SMILES string of the molecule is CC(NC(=O)N1C(C(=O)O)CC2CCCCC21)C1CCC1. The van der Waals surface area contributed by atoms with Gasteiger partial charge in [-0.05, 0) is 50.9 Å². The predicted octanol–water partition coefficient (Wildman–Crippen LogP) is 2.60. The first-order valence-corrected chi connectivity index (χ1v) is 8.39.